The monoisotopic (exact) mass is 301 g/mol. The highest BCUT2D eigenvalue weighted by molar-refractivity contribution is 6.30. The lowest BCUT2D eigenvalue weighted by Crippen LogP contribution is -2.39. The number of nitrogens with one attached hydrogen (secondary N) is 1. The van der Waals surface area contributed by atoms with E-state index < -0.39 is 0 Å². The molecular weight excluding hydrogens is 277 g/mol. The van der Waals surface area contributed by atoms with Gasteiger partial charge in [0.05, 0.1) is 10.6 Å². The Bertz CT molecular complexity index is 423. The van der Waals surface area contributed by atoms with Crippen LogP contribution in [0.25, 0.3) is 0 Å². The zero-order valence-electron chi connectivity index (χ0n) is 12.8. The molecule has 0 fully saturated rings. The second-order valence-electron chi connectivity index (χ2n) is 5.77. The van der Waals surface area contributed by atoms with Gasteiger partial charge in [0, 0.05) is 13.2 Å². The minimum absolute atomic E-state index is 0.183. The molecule has 4 heteroatoms. The van der Waals surface area contributed by atoms with Gasteiger partial charge in [-0.1, -0.05) is 24.6 Å². The van der Waals surface area contributed by atoms with Crippen molar-refractivity contribution in [1.29, 1.82) is 0 Å². The fraction of sp³-hybridized carbons (Fsp3) is 0.625. The zero-order chi connectivity index (χ0) is 15.2. The van der Waals surface area contributed by atoms with Crippen LogP contribution in [0.2, 0.25) is 5.02 Å². The van der Waals surface area contributed by atoms with Crippen LogP contribution in [0.1, 0.15) is 39.2 Å². The summed E-state index contributed by atoms with van der Waals surface area (Å²) in [7, 11) is 1.73. The van der Waals surface area contributed by atoms with Gasteiger partial charge in [-0.25, -0.2) is 4.39 Å². The smallest absolute Gasteiger partial charge is 0.141 e. The molecule has 0 heterocycles. The van der Waals surface area contributed by atoms with Crippen molar-refractivity contribution >= 4 is 11.6 Å². The topological polar surface area (TPSA) is 21.3 Å². The summed E-state index contributed by atoms with van der Waals surface area (Å²) in [5.74, 6) is -0.370. The minimum atomic E-state index is -0.370. The third-order valence-electron chi connectivity index (χ3n) is 3.44. The predicted octanol–water partition coefficient (Wildman–Crippen LogP) is 4.20. The Labute approximate surface area is 126 Å². The van der Waals surface area contributed by atoms with Crippen molar-refractivity contribution in [3.05, 3.63) is 34.6 Å². The van der Waals surface area contributed by atoms with E-state index in [1.54, 1.807) is 19.2 Å². The van der Waals surface area contributed by atoms with E-state index in [0.29, 0.717) is 0 Å². The Balaban J connectivity index is 2.75. The first kappa shape index (κ1) is 17.4. The first-order valence-corrected chi connectivity index (χ1v) is 7.48. The van der Waals surface area contributed by atoms with Crippen LogP contribution >= 0.6 is 11.6 Å². The lowest BCUT2D eigenvalue weighted by Gasteiger charge is -2.29. The second-order valence-corrected chi connectivity index (χ2v) is 6.18. The molecule has 1 unspecified atom stereocenters. The minimum Gasteiger partial charge on any atom is -0.379 e. The fourth-order valence-corrected chi connectivity index (χ4v) is 2.40. The molecule has 1 N–H and O–H groups in total. The molecule has 0 bridgehead atoms. The van der Waals surface area contributed by atoms with Crippen molar-refractivity contribution in [2.24, 2.45) is 0 Å². The summed E-state index contributed by atoms with van der Waals surface area (Å²) in [6, 6.07) is 5.21. The van der Waals surface area contributed by atoms with Gasteiger partial charge < -0.3 is 10.1 Å². The molecular formula is C16H25ClFNO. The number of benzene rings is 1. The Morgan fingerprint density at radius 1 is 1.40 bits per heavy atom. The molecule has 0 aromatic heterocycles. The van der Waals surface area contributed by atoms with E-state index in [0.717, 1.165) is 31.4 Å². The number of hydrogen-bond acceptors (Lipinski definition) is 2. The summed E-state index contributed by atoms with van der Waals surface area (Å²) >= 11 is 5.84. The van der Waals surface area contributed by atoms with Crippen molar-refractivity contribution in [1.82, 2.24) is 5.32 Å². The molecule has 1 aromatic rings. The second kappa shape index (κ2) is 7.96. The molecule has 0 saturated carbocycles. The van der Waals surface area contributed by atoms with Crippen molar-refractivity contribution in [3.8, 4) is 0 Å². The van der Waals surface area contributed by atoms with Crippen molar-refractivity contribution in [2.75, 3.05) is 13.7 Å². The van der Waals surface area contributed by atoms with Crippen molar-refractivity contribution in [2.45, 2.75) is 51.7 Å². The summed E-state index contributed by atoms with van der Waals surface area (Å²) in [5.41, 5.74) is 0.854. The highest BCUT2D eigenvalue weighted by Crippen LogP contribution is 2.21. The molecule has 2 nitrogen and oxygen atoms in total. The van der Waals surface area contributed by atoms with E-state index in [1.165, 1.54) is 6.07 Å². The molecule has 1 atom stereocenters. The van der Waals surface area contributed by atoms with Gasteiger partial charge in [0.2, 0.25) is 0 Å². The van der Waals surface area contributed by atoms with Crippen LogP contribution in [0.15, 0.2) is 18.2 Å². The van der Waals surface area contributed by atoms with E-state index >= 15 is 0 Å². The van der Waals surface area contributed by atoms with E-state index in [1.807, 2.05) is 0 Å². The first-order valence-electron chi connectivity index (χ1n) is 7.10. The van der Waals surface area contributed by atoms with Crippen molar-refractivity contribution in [3.63, 3.8) is 0 Å². The molecule has 0 radical (unpaired) electrons. The van der Waals surface area contributed by atoms with Gasteiger partial charge >= 0.3 is 0 Å². The largest absolute Gasteiger partial charge is 0.379 e. The summed E-state index contributed by atoms with van der Waals surface area (Å²) < 4.78 is 18.7. The standard InChI is InChI=1S/C16H25ClFNO/c1-5-8-19-13(11-16(2,3)20-4)9-12-6-7-15(18)14(17)10-12/h6-7,10,13,19H,5,8-9,11H2,1-4H3. The number of rotatable bonds is 8. The van der Waals surface area contributed by atoms with Crippen LogP contribution in [0.4, 0.5) is 4.39 Å². The third-order valence-corrected chi connectivity index (χ3v) is 3.73. The van der Waals surface area contributed by atoms with Gasteiger partial charge in [-0.05, 0) is 57.4 Å². The molecule has 114 valence electrons. The Morgan fingerprint density at radius 2 is 2.10 bits per heavy atom. The molecule has 0 amide bonds. The Morgan fingerprint density at radius 3 is 2.65 bits per heavy atom. The van der Waals surface area contributed by atoms with Gasteiger partial charge in [-0.2, -0.15) is 0 Å². The maximum Gasteiger partial charge on any atom is 0.141 e. The molecule has 0 saturated heterocycles. The zero-order valence-corrected chi connectivity index (χ0v) is 13.6. The van der Waals surface area contributed by atoms with Gasteiger partial charge in [-0.3, -0.25) is 0 Å². The van der Waals surface area contributed by atoms with Crippen LogP contribution in [0.3, 0.4) is 0 Å². The van der Waals surface area contributed by atoms with E-state index in [2.05, 4.69) is 26.1 Å². The van der Waals surface area contributed by atoms with Gasteiger partial charge in [0.25, 0.3) is 0 Å². The average molecular weight is 302 g/mol. The SMILES string of the molecule is CCCNC(Cc1ccc(F)c(Cl)c1)CC(C)(C)OC. The van der Waals surface area contributed by atoms with Gasteiger partial charge in [0.15, 0.2) is 0 Å². The van der Waals surface area contributed by atoms with Crippen LogP contribution in [0.5, 0.6) is 0 Å². The highest BCUT2D eigenvalue weighted by Gasteiger charge is 2.22. The van der Waals surface area contributed by atoms with Crippen LogP contribution < -0.4 is 5.32 Å². The van der Waals surface area contributed by atoms with E-state index in [-0.39, 0.29) is 22.5 Å². The molecule has 1 aromatic carbocycles. The normalized spacial score (nSPS) is 13.5. The molecule has 0 aliphatic heterocycles. The lowest BCUT2D eigenvalue weighted by atomic mass is 9.94. The van der Waals surface area contributed by atoms with Crippen LogP contribution in [-0.2, 0) is 11.2 Å². The van der Waals surface area contributed by atoms with Crippen LogP contribution in [0, 0.1) is 5.82 Å². The maximum absolute atomic E-state index is 13.2. The molecule has 0 spiro atoms. The fourth-order valence-electron chi connectivity index (χ4n) is 2.19. The lowest BCUT2D eigenvalue weighted by molar-refractivity contribution is 0.00714. The molecule has 0 aliphatic carbocycles. The predicted molar refractivity (Wildman–Crippen MR) is 82.9 cm³/mol. The summed E-state index contributed by atoms with van der Waals surface area (Å²) in [4.78, 5) is 0. The van der Waals surface area contributed by atoms with E-state index in [4.69, 9.17) is 16.3 Å². The number of halogens is 2. The molecule has 0 aliphatic rings. The number of ether oxygens (including phenoxy) is 1. The highest BCUT2D eigenvalue weighted by atomic mass is 35.5. The quantitative estimate of drug-likeness (QED) is 0.777. The average Bonchev–Trinajstić information content (AvgIpc) is 2.40. The third kappa shape index (κ3) is 5.78. The van der Waals surface area contributed by atoms with Gasteiger partial charge in [-0.15, -0.1) is 0 Å². The number of hydrogen-bond donors (Lipinski definition) is 1. The molecule has 20 heavy (non-hydrogen) atoms. The number of methoxy groups -OCH3 is 1. The van der Waals surface area contributed by atoms with E-state index in [9.17, 15) is 4.39 Å². The van der Waals surface area contributed by atoms with Gasteiger partial charge in [0.1, 0.15) is 5.82 Å². The Hall–Kier alpha value is -0.640. The maximum atomic E-state index is 13.2. The van der Waals surface area contributed by atoms with Crippen LogP contribution in [-0.4, -0.2) is 25.3 Å². The first-order chi connectivity index (χ1) is 9.38. The summed E-state index contributed by atoms with van der Waals surface area (Å²) in [6.07, 6.45) is 2.78. The summed E-state index contributed by atoms with van der Waals surface area (Å²) in [6.45, 7) is 7.25. The Kier molecular flexibility index (Phi) is 6.93. The van der Waals surface area contributed by atoms with Crippen molar-refractivity contribution < 1.29 is 9.13 Å². The molecule has 1 rings (SSSR count). The summed E-state index contributed by atoms with van der Waals surface area (Å²) in [5, 5.41) is 3.71.